The van der Waals surface area contributed by atoms with Gasteiger partial charge in [0.25, 0.3) is 0 Å². The van der Waals surface area contributed by atoms with Gasteiger partial charge in [-0.2, -0.15) is 0 Å². The van der Waals surface area contributed by atoms with Crippen molar-refractivity contribution in [1.82, 2.24) is 0 Å². The minimum absolute atomic E-state index is 0.0368. The predicted octanol–water partition coefficient (Wildman–Crippen LogP) is 2.93. The average molecular weight is 306 g/mol. The van der Waals surface area contributed by atoms with Crippen LogP contribution in [0.4, 0.5) is 0 Å². The second-order valence-electron chi connectivity index (χ2n) is 9.35. The molecule has 4 saturated carbocycles. The average Bonchev–Trinajstić information content (AvgIpc) is 2.73. The molecule has 4 aliphatic carbocycles. The highest BCUT2D eigenvalue weighted by atomic mass is 16.3. The van der Waals surface area contributed by atoms with E-state index in [1.54, 1.807) is 0 Å². The highest BCUT2D eigenvalue weighted by Gasteiger charge is 2.62. The molecule has 0 aliphatic heterocycles. The molecule has 0 amide bonds. The van der Waals surface area contributed by atoms with Crippen LogP contribution in [0.15, 0.2) is 0 Å². The van der Waals surface area contributed by atoms with Crippen LogP contribution in [-0.2, 0) is 4.79 Å². The van der Waals surface area contributed by atoms with Crippen molar-refractivity contribution in [3.8, 4) is 0 Å². The van der Waals surface area contributed by atoms with Crippen molar-refractivity contribution < 1.29 is 15.0 Å². The van der Waals surface area contributed by atoms with Crippen molar-refractivity contribution in [2.75, 3.05) is 0 Å². The fraction of sp³-hybridized carbons (Fsp3) is 0.947. The summed E-state index contributed by atoms with van der Waals surface area (Å²) in [5.74, 6) is 2.15. The first-order chi connectivity index (χ1) is 10.3. The summed E-state index contributed by atoms with van der Waals surface area (Å²) in [6, 6.07) is 0. The van der Waals surface area contributed by atoms with Crippen LogP contribution in [0.25, 0.3) is 0 Å². The van der Waals surface area contributed by atoms with Gasteiger partial charge in [-0.3, -0.25) is 4.79 Å². The highest BCUT2D eigenvalue weighted by molar-refractivity contribution is 5.84. The van der Waals surface area contributed by atoms with Crippen molar-refractivity contribution >= 4 is 5.78 Å². The molecule has 124 valence electrons. The Morgan fingerprint density at radius 2 is 1.82 bits per heavy atom. The number of fused-ring (bicyclic) bond motifs is 5. The number of aliphatic hydroxyl groups is 2. The van der Waals surface area contributed by atoms with Crippen molar-refractivity contribution in [1.29, 1.82) is 0 Å². The number of Topliss-reactive ketones (excluding diaryl/α,β-unsaturated/α-hetero) is 1. The molecule has 0 aromatic carbocycles. The van der Waals surface area contributed by atoms with E-state index >= 15 is 0 Å². The molecule has 22 heavy (non-hydrogen) atoms. The molecule has 4 fully saturated rings. The fourth-order valence-corrected chi connectivity index (χ4v) is 7.10. The summed E-state index contributed by atoms with van der Waals surface area (Å²) in [5.41, 5.74) is 0.128. The van der Waals surface area contributed by atoms with Gasteiger partial charge in [0.15, 0.2) is 0 Å². The van der Waals surface area contributed by atoms with Crippen LogP contribution in [0.5, 0.6) is 0 Å². The van der Waals surface area contributed by atoms with Crippen molar-refractivity contribution in [3.63, 3.8) is 0 Å². The van der Waals surface area contributed by atoms with Crippen LogP contribution < -0.4 is 0 Å². The van der Waals surface area contributed by atoms with Gasteiger partial charge in [0.1, 0.15) is 5.78 Å². The molecule has 4 aliphatic rings. The minimum Gasteiger partial charge on any atom is -0.393 e. The Bertz CT molecular complexity index is 489. The number of hydrogen-bond acceptors (Lipinski definition) is 3. The third kappa shape index (κ3) is 1.97. The Kier molecular flexibility index (Phi) is 3.30. The third-order valence-corrected chi connectivity index (χ3v) is 8.06. The van der Waals surface area contributed by atoms with E-state index in [0.717, 1.165) is 44.9 Å². The van der Waals surface area contributed by atoms with E-state index in [-0.39, 0.29) is 29.0 Å². The van der Waals surface area contributed by atoms with Crippen LogP contribution in [-0.4, -0.2) is 28.2 Å². The molecule has 0 heterocycles. The summed E-state index contributed by atoms with van der Waals surface area (Å²) in [4.78, 5) is 13.1. The van der Waals surface area contributed by atoms with Crippen LogP contribution >= 0.6 is 0 Å². The third-order valence-electron chi connectivity index (χ3n) is 8.06. The highest BCUT2D eigenvalue weighted by Crippen LogP contribution is 2.65. The van der Waals surface area contributed by atoms with E-state index in [1.165, 1.54) is 0 Å². The first-order valence-corrected chi connectivity index (χ1v) is 9.22. The molecule has 0 spiro atoms. The SMILES string of the molecule is C[C@]12CC(=O)[C@@H]3[C@H](CC[C@H]4C[C@H](O)CC[C@@]43C)[C@@H]1C[C@@H](O)C2. The molecule has 3 nitrogen and oxygen atoms in total. The first-order valence-electron chi connectivity index (χ1n) is 9.22. The summed E-state index contributed by atoms with van der Waals surface area (Å²) < 4.78 is 0. The van der Waals surface area contributed by atoms with Gasteiger partial charge in [-0.15, -0.1) is 0 Å². The van der Waals surface area contributed by atoms with E-state index in [1.807, 2.05) is 0 Å². The molecule has 4 rings (SSSR count). The number of hydrogen-bond donors (Lipinski definition) is 2. The Labute approximate surface area is 133 Å². The van der Waals surface area contributed by atoms with Gasteiger partial charge in [-0.1, -0.05) is 13.8 Å². The zero-order valence-electron chi connectivity index (χ0n) is 13.9. The maximum absolute atomic E-state index is 13.1. The smallest absolute Gasteiger partial charge is 0.137 e. The quantitative estimate of drug-likeness (QED) is 0.723. The monoisotopic (exact) mass is 306 g/mol. The van der Waals surface area contributed by atoms with Crippen LogP contribution in [0, 0.1) is 34.5 Å². The first kappa shape index (κ1) is 15.1. The second-order valence-corrected chi connectivity index (χ2v) is 9.35. The molecule has 0 saturated heterocycles. The lowest BCUT2D eigenvalue weighted by molar-refractivity contribution is -0.159. The van der Waals surface area contributed by atoms with Gasteiger partial charge in [0, 0.05) is 12.3 Å². The predicted molar refractivity (Wildman–Crippen MR) is 84.1 cm³/mol. The Balaban J connectivity index is 1.68. The lowest BCUT2D eigenvalue weighted by atomic mass is 9.45. The Morgan fingerprint density at radius 3 is 2.59 bits per heavy atom. The van der Waals surface area contributed by atoms with Crippen molar-refractivity contribution in [2.24, 2.45) is 34.5 Å². The van der Waals surface area contributed by atoms with Crippen LogP contribution in [0.2, 0.25) is 0 Å². The van der Waals surface area contributed by atoms with E-state index < -0.39 is 0 Å². The summed E-state index contributed by atoms with van der Waals surface area (Å²) in [6.45, 7) is 4.56. The summed E-state index contributed by atoms with van der Waals surface area (Å²) in [7, 11) is 0. The van der Waals surface area contributed by atoms with Gasteiger partial charge in [-0.05, 0) is 73.5 Å². The van der Waals surface area contributed by atoms with Crippen molar-refractivity contribution in [3.05, 3.63) is 0 Å². The van der Waals surface area contributed by atoms with Gasteiger partial charge in [0.2, 0.25) is 0 Å². The fourth-order valence-electron chi connectivity index (χ4n) is 7.10. The molecule has 3 heteroatoms. The summed E-state index contributed by atoms with van der Waals surface area (Å²) in [6.07, 6.45) is 7.03. The summed E-state index contributed by atoms with van der Waals surface area (Å²) in [5, 5.41) is 20.2. The molecule has 0 unspecified atom stereocenters. The molecule has 0 aromatic rings. The van der Waals surface area contributed by atoms with Crippen molar-refractivity contribution in [2.45, 2.75) is 77.4 Å². The van der Waals surface area contributed by atoms with E-state index in [0.29, 0.717) is 30.0 Å². The number of ketones is 1. The zero-order chi connectivity index (χ0) is 15.7. The topological polar surface area (TPSA) is 57.5 Å². The van der Waals surface area contributed by atoms with Gasteiger partial charge >= 0.3 is 0 Å². The van der Waals surface area contributed by atoms with Gasteiger partial charge < -0.3 is 10.2 Å². The molecular weight excluding hydrogens is 276 g/mol. The lowest BCUT2D eigenvalue weighted by Gasteiger charge is -2.59. The summed E-state index contributed by atoms with van der Waals surface area (Å²) >= 11 is 0. The van der Waals surface area contributed by atoms with Gasteiger partial charge in [0.05, 0.1) is 12.2 Å². The maximum Gasteiger partial charge on any atom is 0.137 e. The Hall–Kier alpha value is -0.410. The number of rotatable bonds is 0. The second kappa shape index (κ2) is 4.80. The van der Waals surface area contributed by atoms with E-state index in [2.05, 4.69) is 13.8 Å². The Morgan fingerprint density at radius 1 is 1.05 bits per heavy atom. The number of aliphatic hydroxyl groups excluding tert-OH is 2. The molecular formula is C19H30O3. The molecule has 0 radical (unpaired) electrons. The molecule has 0 bridgehead atoms. The molecule has 0 aromatic heterocycles. The van der Waals surface area contributed by atoms with Crippen LogP contribution in [0.3, 0.4) is 0 Å². The number of carbonyl (C=O) groups excluding carboxylic acids is 1. The lowest BCUT2D eigenvalue weighted by Crippen LogP contribution is -2.56. The molecule has 2 N–H and O–H groups in total. The molecule has 8 atom stereocenters. The van der Waals surface area contributed by atoms with E-state index in [9.17, 15) is 15.0 Å². The number of carbonyl (C=O) groups is 1. The zero-order valence-corrected chi connectivity index (χ0v) is 13.9. The largest absolute Gasteiger partial charge is 0.393 e. The van der Waals surface area contributed by atoms with E-state index in [4.69, 9.17) is 0 Å². The maximum atomic E-state index is 13.1. The minimum atomic E-state index is -0.208. The van der Waals surface area contributed by atoms with Crippen LogP contribution in [0.1, 0.15) is 65.2 Å². The van der Waals surface area contributed by atoms with Gasteiger partial charge in [-0.25, -0.2) is 0 Å². The standard InChI is InChI=1S/C19H30O3/c1-18-9-13(21)8-15(18)14-4-3-11-7-12(20)5-6-19(11,2)17(14)16(22)10-18/h11-15,17,20-21H,3-10H2,1-2H3/t11-,12+,13+,14+,15-,17-,18-,19-/m0/s1. The normalized spacial score (nSPS) is 57.9.